The fraction of sp³-hybridized carbons (Fsp3) is 0.667. The molecular formula is C21H30N2O2. The van der Waals surface area contributed by atoms with Crippen molar-refractivity contribution in [3.63, 3.8) is 0 Å². The number of nitrogens with zero attached hydrogens (tertiary/aromatic N) is 1. The molecule has 25 heavy (non-hydrogen) atoms. The fourth-order valence-electron chi connectivity index (χ4n) is 5.64. The Morgan fingerprint density at radius 2 is 1.88 bits per heavy atom. The van der Waals surface area contributed by atoms with Gasteiger partial charge >= 0.3 is 6.09 Å². The van der Waals surface area contributed by atoms with Gasteiger partial charge in [0, 0.05) is 13.1 Å². The van der Waals surface area contributed by atoms with Crippen molar-refractivity contribution >= 4 is 6.09 Å². The maximum atomic E-state index is 12.3. The summed E-state index contributed by atoms with van der Waals surface area (Å²) in [4.78, 5) is 14.2. The van der Waals surface area contributed by atoms with Crippen LogP contribution in [0.25, 0.3) is 0 Å². The average Bonchev–Trinajstić information content (AvgIpc) is 2.62. The molecule has 1 amide bonds. The van der Waals surface area contributed by atoms with Gasteiger partial charge in [0.2, 0.25) is 0 Å². The van der Waals surface area contributed by atoms with Crippen molar-refractivity contribution in [2.24, 2.45) is 22.5 Å². The highest BCUT2D eigenvalue weighted by Crippen LogP contribution is 2.70. The molecule has 1 aromatic rings. The van der Waals surface area contributed by atoms with Crippen LogP contribution in [0.4, 0.5) is 4.79 Å². The number of carbonyl (C=O) groups excluding carboxylic acids is 1. The van der Waals surface area contributed by atoms with Crippen molar-refractivity contribution in [2.45, 2.75) is 51.6 Å². The van der Waals surface area contributed by atoms with Gasteiger partial charge in [-0.15, -0.1) is 0 Å². The van der Waals surface area contributed by atoms with Crippen LogP contribution in [0.2, 0.25) is 0 Å². The third-order valence-corrected chi connectivity index (χ3v) is 7.11. The molecule has 1 atom stereocenters. The SMILES string of the molecule is NCCC1CCC12CC1(CCN(C(=O)OCc3ccccc3)CC1)C2. The zero-order valence-corrected chi connectivity index (χ0v) is 15.1. The van der Waals surface area contributed by atoms with Crippen LogP contribution in [0.3, 0.4) is 0 Å². The van der Waals surface area contributed by atoms with E-state index in [1.54, 1.807) is 0 Å². The van der Waals surface area contributed by atoms with Crippen LogP contribution in [-0.4, -0.2) is 30.6 Å². The number of likely N-dealkylation sites (tertiary alicyclic amines) is 1. The van der Waals surface area contributed by atoms with Crippen molar-refractivity contribution in [1.82, 2.24) is 4.90 Å². The van der Waals surface area contributed by atoms with Gasteiger partial charge in [0.1, 0.15) is 6.61 Å². The van der Waals surface area contributed by atoms with Gasteiger partial charge in [-0.25, -0.2) is 4.79 Å². The lowest BCUT2D eigenvalue weighted by atomic mass is 9.39. The Balaban J connectivity index is 1.23. The van der Waals surface area contributed by atoms with E-state index in [2.05, 4.69) is 0 Å². The number of nitrogens with two attached hydrogens (primary N) is 1. The Kier molecular flexibility index (Phi) is 4.48. The number of amides is 1. The maximum absolute atomic E-state index is 12.3. The van der Waals surface area contributed by atoms with E-state index in [0.717, 1.165) is 44.0 Å². The zero-order chi connectivity index (χ0) is 17.3. The number of rotatable bonds is 4. The van der Waals surface area contributed by atoms with Gasteiger partial charge < -0.3 is 15.4 Å². The van der Waals surface area contributed by atoms with Gasteiger partial charge in [-0.1, -0.05) is 30.3 Å². The minimum Gasteiger partial charge on any atom is -0.445 e. The Labute approximate surface area is 150 Å². The molecule has 1 aromatic carbocycles. The summed E-state index contributed by atoms with van der Waals surface area (Å²) in [6.45, 7) is 2.90. The van der Waals surface area contributed by atoms with Gasteiger partial charge in [-0.2, -0.15) is 0 Å². The van der Waals surface area contributed by atoms with Crippen molar-refractivity contribution in [2.75, 3.05) is 19.6 Å². The van der Waals surface area contributed by atoms with Crippen molar-refractivity contribution in [3.8, 4) is 0 Å². The fourth-order valence-corrected chi connectivity index (χ4v) is 5.64. The summed E-state index contributed by atoms with van der Waals surface area (Å²) < 4.78 is 5.48. The Bertz CT molecular complexity index is 600. The Morgan fingerprint density at radius 3 is 2.48 bits per heavy atom. The van der Waals surface area contributed by atoms with Crippen LogP contribution >= 0.6 is 0 Å². The summed E-state index contributed by atoms with van der Waals surface area (Å²) in [6, 6.07) is 9.89. The smallest absolute Gasteiger partial charge is 0.410 e. The second-order valence-electron chi connectivity index (χ2n) is 8.56. The van der Waals surface area contributed by atoms with E-state index in [4.69, 9.17) is 10.5 Å². The standard InChI is InChI=1S/C21H30N2O2/c22-11-7-18-6-8-21(18)15-20(16-21)9-12-23(13-10-20)19(24)25-14-17-4-2-1-3-5-17/h1-5,18H,6-16,22H2. The average molecular weight is 342 g/mol. The van der Waals surface area contributed by atoms with Crippen LogP contribution < -0.4 is 5.73 Å². The summed E-state index contributed by atoms with van der Waals surface area (Å²) in [5.41, 5.74) is 7.94. The number of hydrogen-bond acceptors (Lipinski definition) is 3. The largest absolute Gasteiger partial charge is 0.445 e. The van der Waals surface area contributed by atoms with Gasteiger partial charge in [0.05, 0.1) is 0 Å². The van der Waals surface area contributed by atoms with Crippen molar-refractivity contribution in [3.05, 3.63) is 35.9 Å². The van der Waals surface area contributed by atoms with Gasteiger partial charge in [0.15, 0.2) is 0 Å². The molecule has 4 nitrogen and oxygen atoms in total. The normalized spacial score (nSPS) is 26.1. The molecule has 2 saturated carbocycles. The van der Waals surface area contributed by atoms with Gasteiger partial charge in [0.25, 0.3) is 0 Å². The van der Waals surface area contributed by atoms with Crippen LogP contribution in [0, 0.1) is 16.7 Å². The summed E-state index contributed by atoms with van der Waals surface area (Å²) in [7, 11) is 0. The monoisotopic (exact) mass is 342 g/mol. The molecule has 136 valence electrons. The van der Waals surface area contributed by atoms with Crippen LogP contribution in [0.5, 0.6) is 0 Å². The van der Waals surface area contributed by atoms with Crippen molar-refractivity contribution in [1.29, 1.82) is 0 Å². The molecule has 3 aliphatic rings. The molecule has 0 radical (unpaired) electrons. The molecule has 4 heteroatoms. The molecule has 1 unspecified atom stereocenters. The first-order valence-electron chi connectivity index (χ1n) is 9.81. The molecule has 0 bridgehead atoms. The predicted molar refractivity (Wildman–Crippen MR) is 97.9 cm³/mol. The first-order valence-corrected chi connectivity index (χ1v) is 9.81. The second-order valence-corrected chi connectivity index (χ2v) is 8.56. The van der Waals surface area contributed by atoms with Crippen LogP contribution in [-0.2, 0) is 11.3 Å². The topological polar surface area (TPSA) is 55.6 Å². The third-order valence-electron chi connectivity index (χ3n) is 7.11. The minimum atomic E-state index is -0.155. The maximum Gasteiger partial charge on any atom is 0.410 e. The number of carbonyl (C=O) groups is 1. The molecule has 2 aliphatic carbocycles. The molecule has 0 aromatic heterocycles. The first kappa shape index (κ1) is 16.9. The highest BCUT2D eigenvalue weighted by Gasteiger charge is 2.61. The van der Waals surface area contributed by atoms with E-state index in [9.17, 15) is 4.79 Å². The van der Waals surface area contributed by atoms with Crippen LogP contribution in [0.1, 0.15) is 50.5 Å². The number of ether oxygens (including phenoxy) is 1. The predicted octanol–water partition coefficient (Wildman–Crippen LogP) is 3.94. The Morgan fingerprint density at radius 1 is 1.16 bits per heavy atom. The van der Waals surface area contributed by atoms with E-state index >= 15 is 0 Å². The lowest BCUT2D eigenvalue weighted by Gasteiger charge is -2.67. The van der Waals surface area contributed by atoms with Crippen LogP contribution in [0.15, 0.2) is 30.3 Å². The zero-order valence-electron chi connectivity index (χ0n) is 15.1. The lowest BCUT2D eigenvalue weighted by molar-refractivity contribution is -0.164. The number of hydrogen-bond donors (Lipinski definition) is 1. The lowest BCUT2D eigenvalue weighted by Crippen LogP contribution is -2.59. The summed E-state index contributed by atoms with van der Waals surface area (Å²) in [6.07, 6.45) is 8.86. The van der Waals surface area contributed by atoms with E-state index in [0.29, 0.717) is 17.4 Å². The van der Waals surface area contributed by atoms with E-state index in [1.165, 1.54) is 32.1 Å². The van der Waals surface area contributed by atoms with E-state index < -0.39 is 0 Å². The Hall–Kier alpha value is -1.55. The molecule has 1 saturated heterocycles. The molecule has 2 spiro atoms. The van der Waals surface area contributed by atoms with E-state index in [1.807, 2.05) is 35.2 Å². The molecule has 2 N–H and O–H groups in total. The highest BCUT2D eigenvalue weighted by molar-refractivity contribution is 5.67. The van der Waals surface area contributed by atoms with E-state index in [-0.39, 0.29) is 6.09 Å². The molecule has 4 rings (SSSR count). The summed E-state index contributed by atoms with van der Waals surface area (Å²) >= 11 is 0. The summed E-state index contributed by atoms with van der Waals surface area (Å²) in [5, 5.41) is 0. The van der Waals surface area contributed by atoms with Gasteiger partial charge in [-0.05, 0) is 73.8 Å². The number of benzene rings is 1. The van der Waals surface area contributed by atoms with Crippen molar-refractivity contribution < 1.29 is 9.53 Å². The molecular weight excluding hydrogens is 312 g/mol. The quantitative estimate of drug-likeness (QED) is 0.901. The molecule has 1 aliphatic heterocycles. The number of piperidine rings is 1. The highest BCUT2D eigenvalue weighted by atomic mass is 16.6. The van der Waals surface area contributed by atoms with Gasteiger partial charge in [-0.3, -0.25) is 0 Å². The molecule has 1 heterocycles. The first-order chi connectivity index (χ1) is 12.1. The third kappa shape index (κ3) is 3.17. The molecule has 3 fully saturated rings. The summed E-state index contributed by atoms with van der Waals surface area (Å²) in [5.74, 6) is 0.872. The second kappa shape index (κ2) is 6.64. The minimum absolute atomic E-state index is 0.155.